The number of amides is 1. The van der Waals surface area contributed by atoms with Crippen LogP contribution in [0.4, 0.5) is 11.6 Å². The van der Waals surface area contributed by atoms with Gasteiger partial charge in [0.1, 0.15) is 0 Å². The van der Waals surface area contributed by atoms with E-state index in [4.69, 9.17) is 25.8 Å². The van der Waals surface area contributed by atoms with Gasteiger partial charge in [0.05, 0.1) is 27.0 Å². The van der Waals surface area contributed by atoms with Crippen molar-refractivity contribution in [3.8, 4) is 28.5 Å². The molecule has 1 aromatic heterocycles. The van der Waals surface area contributed by atoms with E-state index in [0.29, 0.717) is 40.3 Å². The number of ether oxygens (including phenoxy) is 3. The lowest BCUT2D eigenvalue weighted by Gasteiger charge is -2.14. The number of aromatic nitrogens is 2. The summed E-state index contributed by atoms with van der Waals surface area (Å²) >= 11 is 5.97. The van der Waals surface area contributed by atoms with E-state index in [0.717, 1.165) is 22.5 Å². The van der Waals surface area contributed by atoms with Crippen molar-refractivity contribution in [3.05, 3.63) is 89.1 Å². The highest BCUT2D eigenvalue weighted by atomic mass is 35.5. The molecular formula is C27H25ClN4O4. The zero-order valence-corrected chi connectivity index (χ0v) is 20.8. The van der Waals surface area contributed by atoms with Crippen LogP contribution in [0.3, 0.4) is 0 Å². The molecular weight excluding hydrogens is 480 g/mol. The smallest absolute Gasteiger partial charge is 0.251 e. The van der Waals surface area contributed by atoms with Crippen LogP contribution in [-0.2, 0) is 6.54 Å². The Hall–Kier alpha value is -4.30. The summed E-state index contributed by atoms with van der Waals surface area (Å²) in [6, 6.07) is 19.9. The monoisotopic (exact) mass is 504 g/mol. The minimum atomic E-state index is -0.212. The third-order valence-corrected chi connectivity index (χ3v) is 5.63. The van der Waals surface area contributed by atoms with Crippen LogP contribution < -0.4 is 24.8 Å². The number of rotatable bonds is 9. The lowest BCUT2D eigenvalue weighted by Crippen LogP contribution is -2.22. The second-order valence-electron chi connectivity index (χ2n) is 7.69. The van der Waals surface area contributed by atoms with E-state index in [1.54, 1.807) is 63.9 Å². The molecule has 1 amide bonds. The Morgan fingerprint density at radius 3 is 2.17 bits per heavy atom. The molecule has 0 bridgehead atoms. The largest absolute Gasteiger partial charge is 0.493 e. The normalized spacial score (nSPS) is 10.4. The third-order valence-electron chi connectivity index (χ3n) is 5.38. The lowest BCUT2D eigenvalue weighted by atomic mass is 10.1. The molecule has 3 aromatic carbocycles. The van der Waals surface area contributed by atoms with Crippen molar-refractivity contribution in [1.29, 1.82) is 0 Å². The maximum absolute atomic E-state index is 12.7. The molecule has 0 aliphatic heterocycles. The molecule has 8 nitrogen and oxygen atoms in total. The van der Waals surface area contributed by atoms with Crippen molar-refractivity contribution < 1.29 is 19.0 Å². The van der Waals surface area contributed by atoms with E-state index >= 15 is 0 Å². The Labute approximate surface area is 214 Å². The zero-order chi connectivity index (χ0) is 25.5. The first-order valence-electron chi connectivity index (χ1n) is 11.0. The predicted molar refractivity (Wildman–Crippen MR) is 139 cm³/mol. The van der Waals surface area contributed by atoms with Crippen LogP contribution in [0.1, 0.15) is 15.9 Å². The van der Waals surface area contributed by atoms with Crippen molar-refractivity contribution in [1.82, 2.24) is 15.3 Å². The van der Waals surface area contributed by atoms with E-state index < -0.39 is 0 Å². The van der Waals surface area contributed by atoms with Gasteiger partial charge in [-0.3, -0.25) is 4.79 Å². The third kappa shape index (κ3) is 5.84. The van der Waals surface area contributed by atoms with Crippen LogP contribution >= 0.6 is 11.6 Å². The van der Waals surface area contributed by atoms with E-state index in [-0.39, 0.29) is 5.91 Å². The van der Waals surface area contributed by atoms with Crippen LogP contribution in [-0.4, -0.2) is 37.2 Å². The Bertz CT molecular complexity index is 1320. The van der Waals surface area contributed by atoms with Gasteiger partial charge in [-0.25, -0.2) is 9.97 Å². The molecule has 0 unspecified atom stereocenters. The first-order chi connectivity index (χ1) is 17.5. The van der Waals surface area contributed by atoms with Gasteiger partial charge in [-0.05, 0) is 60.2 Å². The summed E-state index contributed by atoms with van der Waals surface area (Å²) in [5.74, 6) is 1.79. The quantitative estimate of drug-likeness (QED) is 0.311. The molecule has 4 rings (SSSR count). The fourth-order valence-electron chi connectivity index (χ4n) is 3.56. The fraction of sp³-hybridized carbons (Fsp3) is 0.148. The van der Waals surface area contributed by atoms with Gasteiger partial charge in [-0.1, -0.05) is 23.7 Å². The minimum absolute atomic E-state index is 0.212. The standard InChI is InChI=1S/C27H25ClN4O4/c1-34-23-14-17(15-24(35-2)25(23)36-3)16-30-26(33)19-6-10-21(11-7-19)31-27-29-13-12-22(32-27)18-4-8-20(28)9-5-18/h4-15H,16H2,1-3H3,(H,30,33)(H,29,31,32). The Morgan fingerprint density at radius 2 is 1.56 bits per heavy atom. The average molecular weight is 505 g/mol. The number of benzene rings is 3. The van der Waals surface area contributed by atoms with Crippen molar-refractivity contribution >= 4 is 29.1 Å². The number of carbonyl (C=O) groups is 1. The van der Waals surface area contributed by atoms with Gasteiger partial charge in [0.15, 0.2) is 11.5 Å². The molecule has 0 atom stereocenters. The molecule has 36 heavy (non-hydrogen) atoms. The SMILES string of the molecule is COc1cc(CNC(=O)c2ccc(Nc3nccc(-c4ccc(Cl)cc4)n3)cc2)cc(OC)c1OC. The zero-order valence-electron chi connectivity index (χ0n) is 20.0. The van der Waals surface area contributed by atoms with Gasteiger partial charge in [0.2, 0.25) is 11.7 Å². The Morgan fingerprint density at radius 1 is 0.889 bits per heavy atom. The summed E-state index contributed by atoms with van der Waals surface area (Å²) in [5.41, 5.74) is 3.79. The summed E-state index contributed by atoms with van der Waals surface area (Å²) in [5, 5.41) is 6.74. The van der Waals surface area contributed by atoms with Gasteiger partial charge in [0.25, 0.3) is 5.91 Å². The molecule has 0 spiro atoms. The number of carbonyl (C=O) groups excluding carboxylic acids is 1. The molecule has 0 aliphatic carbocycles. The van der Waals surface area contributed by atoms with E-state index in [1.165, 1.54) is 0 Å². The van der Waals surface area contributed by atoms with Gasteiger partial charge in [-0.15, -0.1) is 0 Å². The van der Waals surface area contributed by atoms with Crippen molar-refractivity contribution in [2.45, 2.75) is 6.54 Å². The molecule has 0 aliphatic rings. The second-order valence-corrected chi connectivity index (χ2v) is 8.13. The fourth-order valence-corrected chi connectivity index (χ4v) is 3.68. The topological polar surface area (TPSA) is 94.6 Å². The molecule has 0 fully saturated rings. The summed E-state index contributed by atoms with van der Waals surface area (Å²) in [6.45, 7) is 0.293. The molecule has 0 saturated carbocycles. The maximum Gasteiger partial charge on any atom is 0.251 e. The molecule has 1 heterocycles. The number of methoxy groups -OCH3 is 3. The number of anilines is 2. The van der Waals surface area contributed by atoms with Crippen molar-refractivity contribution in [2.24, 2.45) is 0 Å². The molecule has 2 N–H and O–H groups in total. The van der Waals surface area contributed by atoms with Crippen LogP contribution in [0.2, 0.25) is 5.02 Å². The first-order valence-corrected chi connectivity index (χ1v) is 11.4. The van der Waals surface area contributed by atoms with Gasteiger partial charge < -0.3 is 24.8 Å². The van der Waals surface area contributed by atoms with Crippen LogP contribution in [0.5, 0.6) is 17.2 Å². The van der Waals surface area contributed by atoms with E-state index in [9.17, 15) is 4.79 Å². The number of halogens is 1. The lowest BCUT2D eigenvalue weighted by molar-refractivity contribution is 0.0951. The summed E-state index contributed by atoms with van der Waals surface area (Å²) in [7, 11) is 4.64. The molecule has 0 radical (unpaired) electrons. The molecule has 9 heteroatoms. The second kappa shape index (κ2) is 11.4. The number of hydrogen-bond acceptors (Lipinski definition) is 7. The van der Waals surface area contributed by atoms with Gasteiger partial charge in [0, 0.05) is 34.6 Å². The number of nitrogens with zero attached hydrogens (tertiary/aromatic N) is 2. The summed E-state index contributed by atoms with van der Waals surface area (Å²) in [4.78, 5) is 21.5. The highest BCUT2D eigenvalue weighted by Crippen LogP contribution is 2.38. The first kappa shape index (κ1) is 24.8. The van der Waals surface area contributed by atoms with Crippen molar-refractivity contribution in [3.63, 3.8) is 0 Å². The number of nitrogens with one attached hydrogen (secondary N) is 2. The Kier molecular flexibility index (Phi) is 7.87. The van der Waals surface area contributed by atoms with E-state index in [1.807, 2.05) is 30.3 Å². The minimum Gasteiger partial charge on any atom is -0.493 e. The summed E-state index contributed by atoms with van der Waals surface area (Å²) < 4.78 is 16.1. The van der Waals surface area contributed by atoms with Gasteiger partial charge >= 0.3 is 0 Å². The van der Waals surface area contributed by atoms with E-state index in [2.05, 4.69) is 20.6 Å². The average Bonchev–Trinajstić information content (AvgIpc) is 2.92. The van der Waals surface area contributed by atoms with Crippen LogP contribution in [0, 0.1) is 0 Å². The molecule has 184 valence electrons. The molecule has 0 saturated heterocycles. The number of hydrogen-bond donors (Lipinski definition) is 2. The van der Waals surface area contributed by atoms with Gasteiger partial charge in [-0.2, -0.15) is 0 Å². The van der Waals surface area contributed by atoms with Crippen molar-refractivity contribution in [2.75, 3.05) is 26.6 Å². The van der Waals surface area contributed by atoms with Crippen LogP contribution in [0.15, 0.2) is 72.9 Å². The highest BCUT2D eigenvalue weighted by Gasteiger charge is 2.14. The molecule has 4 aromatic rings. The van der Waals surface area contributed by atoms with Crippen LogP contribution in [0.25, 0.3) is 11.3 Å². The Balaban J connectivity index is 1.40. The highest BCUT2D eigenvalue weighted by molar-refractivity contribution is 6.30. The predicted octanol–water partition coefficient (Wildman–Crippen LogP) is 5.50. The summed E-state index contributed by atoms with van der Waals surface area (Å²) in [6.07, 6.45) is 1.68. The maximum atomic E-state index is 12.7.